The molecule has 1 aromatic rings. The lowest BCUT2D eigenvalue weighted by atomic mass is 10.3. The van der Waals surface area contributed by atoms with Gasteiger partial charge in [-0.15, -0.1) is 0 Å². The number of hydrogen-bond acceptors (Lipinski definition) is 4. The van der Waals surface area contributed by atoms with E-state index in [9.17, 15) is 12.8 Å². The number of anilines is 1. The van der Waals surface area contributed by atoms with Gasteiger partial charge in [0.2, 0.25) is 10.0 Å². The van der Waals surface area contributed by atoms with E-state index in [4.69, 9.17) is 5.73 Å². The van der Waals surface area contributed by atoms with Crippen LogP contribution in [0, 0.1) is 5.82 Å². The Morgan fingerprint density at radius 3 is 2.74 bits per heavy atom. The minimum Gasteiger partial charge on any atom is -0.398 e. The van der Waals surface area contributed by atoms with Crippen LogP contribution in [0.4, 0.5) is 10.1 Å². The van der Waals surface area contributed by atoms with Gasteiger partial charge in [-0.25, -0.2) is 17.5 Å². The minimum atomic E-state index is -3.90. The molecule has 1 saturated carbocycles. The van der Waals surface area contributed by atoms with Gasteiger partial charge < -0.3 is 5.73 Å². The highest BCUT2D eigenvalue weighted by atomic mass is 32.2. The Kier molecular flexibility index (Phi) is 4.37. The first-order valence-corrected chi connectivity index (χ1v) is 8.80. The van der Waals surface area contributed by atoms with E-state index >= 15 is 0 Å². The quantitative estimate of drug-likeness (QED) is 0.834. The molecule has 2 unspecified atom stereocenters. The third-order valence-electron chi connectivity index (χ3n) is 3.31. The van der Waals surface area contributed by atoms with Crippen molar-refractivity contribution in [2.75, 3.05) is 12.0 Å². The Bertz CT molecular complexity index is 543. The highest BCUT2D eigenvalue weighted by molar-refractivity contribution is 7.99. The highest BCUT2D eigenvalue weighted by Gasteiger charge is 2.30. The van der Waals surface area contributed by atoms with Crippen LogP contribution < -0.4 is 10.5 Å². The van der Waals surface area contributed by atoms with Crippen LogP contribution in [0.5, 0.6) is 0 Å². The summed E-state index contributed by atoms with van der Waals surface area (Å²) in [6.07, 6.45) is 4.53. The summed E-state index contributed by atoms with van der Waals surface area (Å²) in [4.78, 5) is -0.442. The summed E-state index contributed by atoms with van der Waals surface area (Å²) in [5, 5.41) is 0.464. The fraction of sp³-hybridized carbons (Fsp3) is 0.500. The van der Waals surface area contributed by atoms with Crippen molar-refractivity contribution in [2.24, 2.45) is 0 Å². The summed E-state index contributed by atoms with van der Waals surface area (Å²) >= 11 is 1.73. The topological polar surface area (TPSA) is 72.2 Å². The largest absolute Gasteiger partial charge is 0.398 e. The van der Waals surface area contributed by atoms with Crippen molar-refractivity contribution in [3.8, 4) is 0 Å². The molecule has 7 heteroatoms. The minimum absolute atomic E-state index is 0.0630. The molecule has 0 bridgehead atoms. The summed E-state index contributed by atoms with van der Waals surface area (Å²) in [6.45, 7) is 0. The molecule has 0 aliphatic heterocycles. The standard InChI is InChI=1S/C12H17FN2O2S2/c1-18-9-6-5-8(7-9)15-19(16,17)12-10(13)3-2-4-11(12)14/h2-4,8-9,15H,5-7,14H2,1H3. The van der Waals surface area contributed by atoms with Gasteiger partial charge in [0.25, 0.3) is 0 Å². The number of sulfonamides is 1. The molecule has 2 rings (SSSR count). The molecule has 19 heavy (non-hydrogen) atoms. The van der Waals surface area contributed by atoms with Crippen LogP contribution in [-0.4, -0.2) is 26.0 Å². The summed E-state index contributed by atoms with van der Waals surface area (Å²) in [5.41, 5.74) is 5.51. The van der Waals surface area contributed by atoms with Gasteiger partial charge in [-0.05, 0) is 37.7 Å². The van der Waals surface area contributed by atoms with Gasteiger partial charge >= 0.3 is 0 Å². The first-order chi connectivity index (χ1) is 8.94. The number of thioether (sulfide) groups is 1. The van der Waals surface area contributed by atoms with Crippen LogP contribution in [0.1, 0.15) is 19.3 Å². The van der Waals surface area contributed by atoms with Gasteiger partial charge in [0.15, 0.2) is 0 Å². The van der Waals surface area contributed by atoms with Crippen molar-refractivity contribution in [1.82, 2.24) is 4.72 Å². The summed E-state index contributed by atoms with van der Waals surface area (Å²) < 4.78 is 40.6. The number of nitrogens with one attached hydrogen (secondary N) is 1. The molecule has 1 aliphatic rings. The predicted octanol–water partition coefficient (Wildman–Crippen LogP) is 1.97. The number of rotatable bonds is 4. The maximum Gasteiger partial charge on any atom is 0.245 e. The zero-order chi connectivity index (χ0) is 14.0. The first kappa shape index (κ1) is 14.6. The van der Waals surface area contributed by atoms with Crippen LogP contribution in [0.15, 0.2) is 23.1 Å². The second-order valence-corrected chi connectivity index (χ2v) is 7.44. The molecule has 1 aliphatic carbocycles. The van der Waals surface area contributed by atoms with E-state index in [0.29, 0.717) is 5.25 Å². The molecule has 0 radical (unpaired) electrons. The summed E-state index contributed by atoms with van der Waals surface area (Å²) in [7, 11) is -3.90. The van der Waals surface area contributed by atoms with Crippen LogP contribution in [0.2, 0.25) is 0 Å². The van der Waals surface area contributed by atoms with E-state index in [2.05, 4.69) is 4.72 Å². The fourth-order valence-electron chi connectivity index (χ4n) is 2.35. The lowest BCUT2D eigenvalue weighted by Crippen LogP contribution is -2.34. The van der Waals surface area contributed by atoms with Gasteiger partial charge in [-0.2, -0.15) is 11.8 Å². The van der Waals surface area contributed by atoms with Gasteiger partial charge in [0.1, 0.15) is 10.7 Å². The maximum atomic E-state index is 13.7. The zero-order valence-electron chi connectivity index (χ0n) is 10.6. The van der Waals surface area contributed by atoms with Crippen LogP contribution in [0.3, 0.4) is 0 Å². The predicted molar refractivity (Wildman–Crippen MR) is 76.1 cm³/mol. The summed E-state index contributed by atoms with van der Waals surface area (Å²) in [6, 6.07) is 3.74. The smallest absolute Gasteiger partial charge is 0.245 e. The second kappa shape index (κ2) is 5.68. The lowest BCUT2D eigenvalue weighted by Gasteiger charge is -2.15. The Labute approximate surface area is 117 Å². The lowest BCUT2D eigenvalue weighted by molar-refractivity contribution is 0.538. The molecule has 1 fully saturated rings. The Hall–Kier alpha value is -0.790. The van der Waals surface area contributed by atoms with E-state index in [1.165, 1.54) is 12.1 Å². The molecule has 2 atom stereocenters. The van der Waals surface area contributed by atoms with E-state index in [1.807, 2.05) is 6.26 Å². The third kappa shape index (κ3) is 3.21. The van der Waals surface area contributed by atoms with Crippen LogP contribution in [0.25, 0.3) is 0 Å². The molecule has 0 amide bonds. The normalized spacial score (nSPS) is 23.7. The van der Waals surface area contributed by atoms with Crippen molar-refractivity contribution in [1.29, 1.82) is 0 Å². The van der Waals surface area contributed by atoms with E-state index < -0.39 is 20.7 Å². The van der Waals surface area contributed by atoms with E-state index in [-0.39, 0.29) is 11.7 Å². The molecule has 0 spiro atoms. The van der Waals surface area contributed by atoms with Crippen molar-refractivity contribution in [2.45, 2.75) is 35.4 Å². The van der Waals surface area contributed by atoms with Gasteiger partial charge in [-0.1, -0.05) is 6.07 Å². The molecule has 4 nitrogen and oxygen atoms in total. The first-order valence-electron chi connectivity index (χ1n) is 6.03. The molecule has 0 saturated heterocycles. The van der Waals surface area contributed by atoms with E-state index in [0.717, 1.165) is 25.3 Å². The number of nitrogen functional groups attached to an aromatic ring is 1. The molecular weight excluding hydrogens is 287 g/mol. The Morgan fingerprint density at radius 2 is 2.16 bits per heavy atom. The van der Waals surface area contributed by atoms with Gasteiger partial charge in [-0.3, -0.25) is 0 Å². The Morgan fingerprint density at radius 1 is 1.42 bits per heavy atom. The van der Waals surface area contributed by atoms with Crippen molar-refractivity contribution in [3.63, 3.8) is 0 Å². The Balaban J connectivity index is 2.20. The van der Waals surface area contributed by atoms with Crippen molar-refractivity contribution < 1.29 is 12.8 Å². The van der Waals surface area contributed by atoms with E-state index in [1.54, 1.807) is 11.8 Å². The molecule has 0 aromatic heterocycles. The second-order valence-electron chi connectivity index (χ2n) is 4.65. The summed E-state index contributed by atoms with van der Waals surface area (Å²) in [5.74, 6) is -0.813. The monoisotopic (exact) mass is 304 g/mol. The van der Waals surface area contributed by atoms with Crippen LogP contribution >= 0.6 is 11.8 Å². The fourth-order valence-corrected chi connectivity index (χ4v) is 4.62. The van der Waals surface area contributed by atoms with Crippen molar-refractivity contribution in [3.05, 3.63) is 24.0 Å². The van der Waals surface area contributed by atoms with Gasteiger partial charge in [0, 0.05) is 11.3 Å². The van der Waals surface area contributed by atoms with Crippen molar-refractivity contribution >= 4 is 27.5 Å². The number of hydrogen-bond donors (Lipinski definition) is 2. The maximum absolute atomic E-state index is 13.7. The number of nitrogens with two attached hydrogens (primary N) is 1. The molecular formula is C12H17FN2O2S2. The van der Waals surface area contributed by atoms with Gasteiger partial charge in [0.05, 0.1) is 5.69 Å². The molecule has 3 N–H and O–H groups in total. The highest BCUT2D eigenvalue weighted by Crippen LogP contribution is 2.30. The molecule has 0 heterocycles. The third-order valence-corrected chi connectivity index (χ3v) is 6.01. The van der Waals surface area contributed by atoms with Crippen LogP contribution in [-0.2, 0) is 10.0 Å². The zero-order valence-corrected chi connectivity index (χ0v) is 12.2. The molecule has 106 valence electrons. The average molecular weight is 304 g/mol. The average Bonchev–Trinajstić information content (AvgIpc) is 2.75. The number of halogens is 1. The molecule has 1 aromatic carbocycles. The number of benzene rings is 1. The SMILES string of the molecule is CSC1CCC(NS(=O)(=O)c2c(N)cccc2F)C1.